The van der Waals surface area contributed by atoms with E-state index in [-0.39, 0.29) is 11.8 Å². The van der Waals surface area contributed by atoms with Gasteiger partial charge in [0.2, 0.25) is 11.8 Å². The number of hydrogen-bond acceptors (Lipinski definition) is 10. The molecule has 0 aliphatic carbocycles. The van der Waals surface area contributed by atoms with Crippen molar-refractivity contribution in [3.8, 4) is 23.8 Å². The second kappa shape index (κ2) is 9.98. The fourth-order valence-corrected chi connectivity index (χ4v) is 4.17. The van der Waals surface area contributed by atoms with Gasteiger partial charge in [-0.15, -0.1) is 0 Å². The summed E-state index contributed by atoms with van der Waals surface area (Å²) in [6.07, 6.45) is 1.04. The van der Waals surface area contributed by atoms with Crippen LogP contribution in [0.2, 0.25) is 0 Å². The third-order valence-electron chi connectivity index (χ3n) is 4.65. The van der Waals surface area contributed by atoms with Gasteiger partial charge in [-0.2, -0.15) is 15.5 Å². The summed E-state index contributed by atoms with van der Waals surface area (Å²) in [7, 11) is -3.12. The van der Waals surface area contributed by atoms with Crippen LogP contribution in [0.25, 0.3) is 0 Å². The number of benzene rings is 2. The lowest BCUT2D eigenvalue weighted by Crippen LogP contribution is -2.19. The van der Waals surface area contributed by atoms with Crippen molar-refractivity contribution in [1.82, 2.24) is 9.97 Å². The van der Waals surface area contributed by atoms with Crippen molar-refractivity contribution in [3.05, 3.63) is 64.8 Å². The van der Waals surface area contributed by atoms with E-state index in [2.05, 4.69) is 20.0 Å². The van der Waals surface area contributed by atoms with Gasteiger partial charge in [0.25, 0.3) is 0 Å². The molecule has 0 amide bonds. The predicted octanol–water partition coefficient (Wildman–Crippen LogP) is 3.32. The summed E-state index contributed by atoms with van der Waals surface area (Å²) in [6, 6.07) is 13.7. The molecule has 0 aliphatic heterocycles. The standard InChI is InChI=1S/C23H19N5O5S/c1-14-8-17(11-25)9-15(2)21(14)33-22-19(34(30,31)13-20(29)32-3)12-26-23(28-22)27-18-6-4-16(10-24)5-7-18/h4-9,12H,13H2,1-3H3,(H,26,27,28). The van der Waals surface area contributed by atoms with Gasteiger partial charge in [-0.1, -0.05) is 0 Å². The monoisotopic (exact) mass is 477 g/mol. The molecule has 0 spiro atoms. The number of ether oxygens (including phenoxy) is 2. The molecule has 1 heterocycles. The van der Waals surface area contributed by atoms with E-state index in [1.54, 1.807) is 50.2 Å². The molecule has 11 heteroatoms. The van der Waals surface area contributed by atoms with Crippen LogP contribution in [-0.2, 0) is 19.4 Å². The van der Waals surface area contributed by atoms with E-state index in [0.717, 1.165) is 13.3 Å². The van der Waals surface area contributed by atoms with Crippen molar-refractivity contribution in [2.45, 2.75) is 18.7 Å². The summed E-state index contributed by atoms with van der Waals surface area (Å²) in [5.74, 6) is -1.82. The lowest BCUT2D eigenvalue weighted by atomic mass is 10.1. The lowest BCUT2D eigenvalue weighted by Gasteiger charge is -2.15. The smallest absolute Gasteiger partial charge is 0.321 e. The summed E-state index contributed by atoms with van der Waals surface area (Å²) in [4.78, 5) is 19.5. The molecule has 34 heavy (non-hydrogen) atoms. The maximum Gasteiger partial charge on any atom is 0.321 e. The van der Waals surface area contributed by atoms with Gasteiger partial charge >= 0.3 is 5.97 Å². The fraction of sp³-hybridized carbons (Fsp3) is 0.174. The van der Waals surface area contributed by atoms with E-state index >= 15 is 0 Å². The highest BCUT2D eigenvalue weighted by atomic mass is 32.2. The Morgan fingerprint density at radius 2 is 1.68 bits per heavy atom. The van der Waals surface area contributed by atoms with Crippen LogP contribution in [0.4, 0.5) is 11.6 Å². The molecule has 10 nitrogen and oxygen atoms in total. The Kier molecular flexibility index (Phi) is 7.09. The Labute approximate surface area is 196 Å². The number of rotatable bonds is 7. The van der Waals surface area contributed by atoms with Crippen molar-refractivity contribution in [2.75, 3.05) is 18.2 Å². The van der Waals surface area contributed by atoms with Gasteiger partial charge in [0, 0.05) is 5.69 Å². The van der Waals surface area contributed by atoms with Crippen LogP contribution in [0.5, 0.6) is 11.6 Å². The van der Waals surface area contributed by atoms with E-state index in [0.29, 0.717) is 33.7 Å². The number of nitrogens with one attached hydrogen (secondary N) is 1. The predicted molar refractivity (Wildman–Crippen MR) is 121 cm³/mol. The number of aromatic nitrogens is 2. The van der Waals surface area contributed by atoms with E-state index in [9.17, 15) is 18.5 Å². The van der Waals surface area contributed by atoms with Crippen LogP contribution < -0.4 is 10.1 Å². The minimum atomic E-state index is -4.20. The molecule has 0 unspecified atom stereocenters. The number of hydrogen-bond donors (Lipinski definition) is 1. The molecule has 0 bridgehead atoms. The third kappa shape index (κ3) is 5.46. The van der Waals surface area contributed by atoms with Crippen LogP contribution in [0.1, 0.15) is 22.3 Å². The minimum absolute atomic E-state index is 0.0284. The van der Waals surface area contributed by atoms with E-state index in [4.69, 9.17) is 10.00 Å². The number of aryl methyl sites for hydroxylation is 2. The van der Waals surface area contributed by atoms with Gasteiger partial charge < -0.3 is 14.8 Å². The van der Waals surface area contributed by atoms with Gasteiger partial charge in [-0.25, -0.2) is 13.4 Å². The molecule has 1 aromatic heterocycles. The number of anilines is 2. The average molecular weight is 478 g/mol. The van der Waals surface area contributed by atoms with E-state index in [1.165, 1.54) is 0 Å². The zero-order valence-electron chi connectivity index (χ0n) is 18.5. The molecule has 3 rings (SSSR count). The van der Waals surface area contributed by atoms with Crippen molar-refractivity contribution in [2.24, 2.45) is 0 Å². The molecule has 3 aromatic rings. The van der Waals surface area contributed by atoms with Crippen LogP contribution in [0.3, 0.4) is 0 Å². The van der Waals surface area contributed by atoms with E-state index in [1.807, 2.05) is 12.1 Å². The summed E-state index contributed by atoms with van der Waals surface area (Å²) >= 11 is 0. The molecule has 0 saturated carbocycles. The third-order valence-corrected chi connectivity index (χ3v) is 6.22. The molecule has 0 aliphatic rings. The zero-order chi connectivity index (χ0) is 24.9. The highest BCUT2D eigenvalue weighted by molar-refractivity contribution is 7.92. The highest BCUT2D eigenvalue weighted by Crippen LogP contribution is 2.33. The highest BCUT2D eigenvalue weighted by Gasteiger charge is 2.27. The molecule has 0 saturated heterocycles. The summed E-state index contributed by atoms with van der Waals surface area (Å²) in [5, 5.41) is 21.0. The molecule has 172 valence electrons. The number of nitrogens with zero attached hydrogens (tertiary/aromatic N) is 4. The minimum Gasteiger partial charge on any atom is -0.468 e. The first-order chi connectivity index (χ1) is 16.2. The first-order valence-corrected chi connectivity index (χ1v) is 11.4. The normalized spacial score (nSPS) is 10.6. The van der Waals surface area contributed by atoms with Crippen molar-refractivity contribution in [3.63, 3.8) is 0 Å². The first-order valence-electron chi connectivity index (χ1n) is 9.80. The zero-order valence-corrected chi connectivity index (χ0v) is 19.3. The average Bonchev–Trinajstić information content (AvgIpc) is 2.81. The van der Waals surface area contributed by atoms with Crippen LogP contribution in [0.15, 0.2) is 47.5 Å². The lowest BCUT2D eigenvalue weighted by molar-refractivity contribution is -0.137. The molecule has 1 N–H and O–H groups in total. The number of methoxy groups -OCH3 is 1. The maximum absolute atomic E-state index is 12.9. The molecule has 0 radical (unpaired) electrons. The Bertz CT molecular complexity index is 1420. The molecular weight excluding hydrogens is 458 g/mol. The van der Waals surface area contributed by atoms with Gasteiger partial charge in [-0.3, -0.25) is 4.79 Å². The fourth-order valence-electron chi connectivity index (χ4n) is 3.02. The number of sulfone groups is 1. The van der Waals surface area contributed by atoms with Crippen molar-refractivity contribution >= 4 is 27.4 Å². The van der Waals surface area contributed by atoms with Gasteiger partial charge in [0.05, 0.1) is 36.6 Å². The van der Waals surface area contributed by atoms with E-state index < -0.39 is 26.5 Å². The van der Waals surface area contributed by atoms with Gasteiger partial charge in [-0.05, 0) is 61.4 Å². The Balaban J connectivity index is 2.07. The molecule has 0 fully saturated rings. The number of carbonyl (C=O) groups is 1. The quantitative estimate of drug-likeness (QED) is 0.501. The van der Waals surface area contributed by atoms with Crippen LogP contribution in [-0.4, -0.2) is 37.2 Å². The Hall–Kier alpha value is -4.48. The number of nitriles is 2. The van der Waals surface area contributed by atoms with Crippen molar-refractivity contribution in [1.29, 1.82) is 10.5 Å². The maximum atomic E-state index is 12.9. The van der Waals surface area contributed by atoms with Gasteiger partial charge in [0.1, 0.15) is 10.6 Å². The Morgan fingerprint density at radius 1 is 1.06 bits per heavy atom. The Morgan fingerprint density at radius 3 is 2.24 bits per heavy atom. The molecule has 2 aromatic carbocycles. The first kappa shape index (κ1) is 24.2. The largest absolute Gasteiger partial charge is 0.468 e. The SMILES string of the molecule is COC(=O)CS(=O)(=O)c1cnc(Nc2ccc(C#N)cc2)nc1Oc1c(C)cc(C#N)cc1C. The van der Waals surface area contributed by atoms with Crippen molar-refractivity contribution < 1.29 is 22.7 Å². The summed E-state index contributed by atoms with van der Waals surface area (Å²) in [6.45, 7) is 3.42. The summed E-state index contributed by atoms with van der Waals surface area (Å²) in [5.41, 5.74) is 2.63. The number of esters is 1. The van der Waals surface area contributed by atoms with Crippen LogP contribution in [0, 0.1) is 36.5 Å². The molecular formula is C23H19N5O5S. The second-order valence-electron chi connectivity index (χ2n) is 7.17. The van der Waals surface area contributed by atoms with Crippen LogP contribution >= 0.6 is 0 Å². The number of carbonyl (C=O) groups excluding carboxylic acids is 1. The second-order valence-corrected chi connectivity index (χ2v) is 9.12. The topological polar surface area (TPSA) is 155 Å². The van der Waals surface area contributed by atoms with Gasteiger partial charge in [0.15, 0.2) is 15.6 Å². The summed E-state index contributed by atoms with van der Waals surface area (Å²) < 4.78 is 36.1. The molecule has 0 atom stereocenters.